The Morgan fingerprint density at radius 2 is 1.94 bits per heavy atom. The van der Waals surface area contributed by atoms with Gasteiger partial charge in [-0.15, -0.1) is 12.4 Å². The summed E-state index contributed by atoms with van der Waals surface area (Å²) in [6.45, 7) is 5.01. The molecule has 0 atom stereocenters. The van der Waals surface area contributed by atoms with Crippen LogP contribution in [0, 0.1) is 11.3 Å². The molecule has 1 aliphatic carbocycles. The van der Waals surface area contributed by atoms with Crippen molar-refractivity contribution < 1.29 is 14.3 Å². The predicted octanol–water partition coefficient (Wildman–Crippen LogP) is 0.723. The molecule has 6 heteroatoms. The SMILES string of the molecule is COC(=O)C(C)(C)CNC(=O)CNCC1CC1.Cl. The Kier molecular flexibility index (Phi) is 7.25. The molecule has 5 nitrogen and oxygen atoms in total. The average molecular weight is 279 g/mol. The van der Waals surface area contributed by atoms with Crippen molar-refractivity contribution in [3.63, 3.8) is 0 Å². The molecule has 2 N–H and O–H groups in total. The van der Waals surface area contributed by atoms with Gasteiger partial charge in [-0.3, -0.25) is 9.59 Å². The van der Waals surface area contributed by atoms with E-state index in [-0.39, 0.29) is 24.3 Å². The fraction of sp³-hybridized carbons (Fsp3) is 0.833. The van der Waals surface area contributed by atoms with E-state index >= 15 is 0 Å². The highest BCUT2D eigenvalue weighted by Crippen LogP contribution is 2.27. The third-order valence-electron chi connectivity index (χ3n) is 2.88. The van der Waals surface area contributed by atoms with E-state index in [1.807, 2.05) is 0 Å². The first-order valence-corrected chi connectivity index (χ1v) is 6.01. The highest BCUT2D eigenvalue weighted by molar-refractivity contribution is 5.85. The van der Waals surface area contributed by atoms with Crippen molar-refractivity contribution in [3.8, 4) is 0 Å². The number of carbonyl (C=O) groups is 2. The van der Waals surface area contributed by atoms with Gasteiger partial charge in [0.25, 0.3) is 0 Å². The largest absolute Gasteiger partial charge is 0.469 e. The monoisotopic (exact) mass is 278 g/mol. The Morgan fingerprint density at radius 1 is 1.33 bits per heavy atom. The average Bonchev–Trinajstić information content (AvgIpc) is 3.09. The molecule has 0 saturated heterocycles. The van der Waals surface area contributed by atoms with E-state index in [1.165, 1.54) is 20.0 Å². The van der Waals surface area contributed by atoms with Gasteiger partial charge in [-0.2, -0.15) is 0 Å². The molecule has 0 heterocycles. The van der Waals surface area contributed by atoms with Gasteiger partial charge in [-0.25, -0.2) is 0 Å². The number of methoxy groups -OCH3 is 1. The van der Waals surface area contributed by atoms with Crippen molar-refractivity contribution in [2.75, 3.05) is 26.7 Å². The molecule has 0 aromatic heterocycles. The zero-order chi connectivity index (χ0) is 12.9. The third-order valence-corrected chi connectivity index (χ3v) is 2.88. The summed E-state index contributed by atoms with van der Waals surface area (Å²) in [5.74, 6) is 0.362. The standard InChI is InChI=1S/C12H22N2O3.ClH/c1-12(2,11(16)17-3)8-14-10(15)7-13-6-9-4-5-9;/h9,13H,4-8H2,1-3H3,(H,14,15);1H. The number of hydrogen-bond donors (Lipinski definition) is 2. The quantitative estimate of drug-likeness (QED) is 0.674. The zero-order valence-corrected chi connectivity index (χ0v) is 12.1. The number of amides is 1. The summed E-state index contributed by atoms with van der Waals surface area (Å²) in [4.78, 5) is 22.8. The van der Waals surface area contributed by atoms with E-state index in [0.29, 0.717) is 13.1 Å². The summed E-state index contributed by atoms with van der Waals surface area (Å²) in [7, 11) is 1.35. The predicted molar refractivity (Wildman–Crippen MR) is 71.6 cm³/mol. The minimum atomic E-state index is -0.680. The first-order valence-electron chi connectivity index (χ1n) is 6.01. The van der Waals surface area contributed by atoms with Gasteiger partial charge in [-0.05, 0) is 39.2 Å². The number of halogens is 1. The molecule has 0 aliphatic heterocycles. The topological polar surface area (TPSA) is 67.4 Å². The van der Waals surface area contributed by atoms with E-state index < -0.39 is 5.41 Å². The first-order chi connectivity index (χ1) is 7.95. The van der Waals surface area contributed by atoms with Gasteiger partial charge in [0.05, 0.1) is 19.1 Å². The molecule has 1 saturated carbocycles. The normalized spacial score (nSPS) is 14.6. The van der Waals surface area contributed by atoms with Gasteiger partial charge in [-0.1, -0.05) is 0 Å². The van der Waals surface area contributed by atoms with E-state index in [1.54, 1.807) is 13.8 Å². The third kappa shape index (κ3) is 6.21. The van der Waals surface area contributed by atoms with Gasteiger partial charge in [0.1, 0.15) is 0 Å². The van der Waals surface area contributed by atoms with Crippen LogP contribution in [0.1, 0.15) is 26.7 Å². The van der Waals surface area contributed by atoms with Crippen LogP contribution in [0.5, 0.6) is 0 Å². The summed E-state index contributed by atoms with van der Waals surface area (Å²) in [6, 6.07) is 0. The highest BCUT2D eigenvalue weighted by Gasteiger charge is 2.29. The summed E-state index contributed by atoms with van der Waals surface area (Å²) < 4.78 is 4.66. The number of ether oxygens (including phenoxy) is 1. The van der Waals surface area contributed by atoms with Gasteiger partial charge in [0.2, 0.25) is 5.91 Å². The summed E-state index contributed by atoms with van der Waals surface area (Å²) >= 11 is 0. The maximum absolute atomic E-state index is 11.5. The van der Waals surface area contributed by atoms with Crippen LogP contribution >= 0.6 is 12.4 Å². The van der Waals surface area contributed by atoms with Crippen LogP contribution in [0.4, 0.5) is 0 Å². The molecule has 0 spiro atoms. The summed E-state index contributed by atoms with van der Waals surface area (Å²) in [5.41, 5.74) is -0.680. The van der Waals surface area contributed by atoms with Crippen LogP contribution in [0.2, 0.25) is 0 Å². The maximum atomic E-state index is 11.5. The fourth-order valence-electron chi connectivity index (χ4n) is 1.44. The van der Waals surface area contributed by atoms with Crippen molar-refractivity contribution in [2.45, 2.75) is 26.7 Å². The Morgan fingerprint density at radius 3 is 2.44 bits per heavy atom. The van der Waals surface area contributed by atoms with Gasteiger partial charge < -0.3 is 15.4 Å². The van der Waals surface area contributed by atoms with Crippen molar-refractivity contribution in [2.24, 2.45) is 11.3 Å². The van der Waals surface area contributed by atoms with Crippen molar-refractivity contribution in [1.82, 2.24) is 10.6 Å². The summed E-state index contributed by atoms with van der Waals surface area (Å²) in [6.07, 6.45) is 2.54. The number of nitrogens with one attached hydrogen (secondary N) is 2. The second kappa shape index (κ2) is 7.59. The van der Waals surface area contributed by atoms with E-state index in [2.05, 4.69) is 15.4 Å². The molecular weight excluding hydrogens is 256 g/mol. The van der Waals surface area contributed by atoms with Gasteiger partial charge >= 0.3 is 5.97 Å². The molecule has 106 valence electrons. The van der Waals surface area contributed by atoms with Crippen LogP contribution in [0.25, 0.3) is 0 Å². The first kappa shape index (κ1) is 17.2. The molecule has 0 unspecified atom stereocenters. The Balaban J connectivity index is 0.00000289. The van der Waals surface area contributed by atoms with Gasteiger partial charge in [0.15, 0.2) is 0 Å². The second-order valence-corrected chi connectivity index (χ2v) is 5.23. The number of hydrogen-bond acceptors (Lipinski definition) is 4. The molecule has 1 amide bonds. The van der Waals surface area contributed by atoms with Crippen LogP contribution in [0.15, 0.2) is 0 Å². The van der Waals surface area contributed by atoms with Crippen molar-refractivity contribution in [3.05, 3.63) is 0 Å². The molecule has 0 bridgehead atoms. The second-order valence-electron chi connectivity index (χ2n) is 5.23. The Hall–Kier alpha value is -0.810. The van der Waals surface area contributed by atoms with Crippen LogP contribution in [-0.2, 0) is 14.3 Å². The number of esters is 1. The Labute approximate surface area is 114 Å². The lowest BCUT2D eigenvalue weighted by atomic mass is 9.94. The van der Waals surface area contributed by atoms with Crippen molar-refractivity contribution in [1.29, 1.82) is 0 Å². The van der Waals surface area contributed by atoms with Crippen LogP contribution in [0.3, 0.4) is 0 Å². The molecule has 1 fully saturated rings. The zero-order valence-electron chi connectivity index (χ0n) is 11.2. The molecule has 0 aromatic rings. The van der Waals surface area contributed by atoms with Crippen molar-refractivity contribution >= 4 is 24.3 Å². The maximum Gasteiger partial charge on any atom is 0.313 e. The minimum absolute atomic E-state index is 0. The number of rotatable bonds is 7. The molecular formula is C12H23ClN2O3. The highest BCUT2D eigenvalue weighted by atomic mass is 35.5. The van der Waals surface area contributed by atoms with E-state index in [0.717, 1.165) is 12.5 Å². The van der Waals surface area contributed by atoms with E-state index in [9.17, 15) is 9.59 Å². The van der Waals surface area contributed by atoms with Gasteiger partial charge in [0, 0.05) is 6.54 Å². The lowest BCUT2D eigenvalue weighted by molar-refractivity contribution is -0.150. The molecule has 1 rings (SSSR count). The molecule has 18 heavy (non-hydrogen) atoms. The fourth-order valence-corrected chi connectivity index (χ4v) is 1.44. The molecule has 0 aromatic carbocycles. The molecule has 0 radical (unpaired) electrons. The Bertz CT molecular complexity index is 291. The van der Waals surface area contributed by atoms with E-state index in [4.69, 9.17) is 0 Å². The lowest BCUT2D eigenvalue weighted by Gasteiger charge is -2.21. The summed E-state index contributed by atoms with van der Waals surface area (Å²) in [5, 5.41) is 5.83. The minimum Gasteiger partial charge on any atom is -0.469 e. The van der Waals surface area contributed by atoms with Crippen LogP contribution in [-0.4, -0.2) is 38.6 Å². The molecule has 1 aliphatic rings. The number of carbonyl (C=O) groups excluding carboxylic acids is 2. The lowest BCUT2D eigenvalue weighted by Crippen LogP contribution is -2.42. The van der Waals surface area contributed by atoms with Crippen LogP contribution < -0.4 is 10.6 Å². The smallest absolute Gasteiger partial charge is 0.313 e.